The molecule has 4 nitrogen and oxygen atoms in total. The molecular weight excluding hydrogens is 290 g/mol. The number of carbonyl (C=O) groups excluding carboxylic acids is 1. The molecule has 0 aliphatic carbocycles. The second-order valence-corrected chi connectivity index (χ2v) is 4.86. The van der Waals surface area contributed by atoms with Gasteiger partial charge in [-0.3, -0.25) is 0 Å². The van der Waals surface area contributed by atoms with Crippen LogP contribution in [-0.4, -0.2) is 17.7 Å². The SMILES string of the molecule is CCOC(=O)c1ccc(NCc2cc(Cl)ccc2O)cc1. The van der Waals surface area contributed by atoms with Gasteiger partial charge in [0.2, 0.25) is 0 Å². The van der Waals surface area contributed by atoms with Crippen molar-refractivity contribution in [2.75, 3.05) is 11.9 Å². The average Bonchev–Trinajstić information content (AvgIpc) is 2.49. The molecule has 0 radical (unpaired) electrons. The fraction of sp³-hybridized carbons (Fsp3) is 0.188. The Labute approximate surface area is 128 Å². The molecule has 5 heteroatoms. The number of benzene rings is 2. The van der Waals surface area contributed by atoms with E-state index in [-0.39, 0.29) is 11.7 Å². The topological polar surface area (TPSA) is 58.6 Å². The summed E-state index contributed by atoms with van der Waals surface area (Å²) in [5.74, 6) is -0.147. The first-order valence-electron chi connectivity index (χ1n) is 6.58. The largest absolute Gasteiger partial charge is 0.508 e. The van der Waals surface area contributed by atoms with E-state index in [0.717, 1.165) is 5.69 Å². The van der Waals surface area contributed by atoms with Crippen LogP contribution in [0.3, 0.4) is 0 Å². The molecule has 0 aliphatic heterocycles. The molecule has 0 fully saturated rings. The Morgan fingerprint density at radius 3 is 2.62 bits per heavy atom. The number of rotatable bonds is 5. The van der Waals surface area contributed by atoms with Crippen molar-refractivity contribution in [3.63, 3.8) is 0 Å². The normalized spacial score (nSPS) is 10.2. The summed E-state index contributed by atoms with van der Waals surface area (Å²) in [6.45, 7) is 2.56. The molecule has 0 bridgehead atoms. The third-order valence-electron chi connectivity index (χ3n) is 2.92. The highest BCUT2D eigenvalue weighted by atomic mass is 35.5. The Balaban J connectivity index is 2.00. The van der Waals surface area contributed by atoms with Crippen LogP contribution in [0.4, 0.5) is 5.69 Å². The molecule has 0 saturated heterocycles. The van der Waals surface area contributed by atoms with E-state index in [1.54, 1.807) is 49.4 Å². The van der Waals surface area contributed by atoms with Gasteiger partial charge >= 0.3 is 5.97 Å². The second kappa shape index (κ2) is 6.99. The van der Waals surface area contributed by atoms with E-state index in [4.69, 9.17) is 16.3 Å². The molecule has 0 saturated carbocycles. The van der Waals surface area contributed by atoms with Crippen LogP contribution in [0.15, 0.2) is 42.5 Å². The minimum atomic E-state index is -0.337. The van der Waals surface area contributed by atoms with Gasteiger partial charge in [0.15, 0.2) is 0 Å². The average molecular weight is 306 g/mol. The zero-order chi connectivity index (χ0) is 15.2. The van der Waals surface area contributed by atoms with Gasteiger partial charge in [-0.15, -0.1) is 0 Å². The van der Waals surface area contributed by atoms with Crippen LogP contribution in [-0.2, 0) is 11.3 Å². The first kappa shape index (κ1) is 15.2. The third-order valence-corrected chi connectivity index (χ3v) is 3.16. The number of hydrogen-bond acceptors (Lipinski definition) is 4. The number of phenolic OH excluding ortho intramolecular Hbond substituents is 1. The molecule has 2 N–H and O–H groups in total. The fourth-order valence-electron chi connectivity index (χ4n) is 1.83. The van der Waals surface area contributed by atoms with Crippen molar-refractivity contribution in [3.8, 4) is 5.75 Å². The number of halogens is 1. The maximum Gasteiger partial charge on any atom is 0.338 e. The molecule has 0 heterocycles. The van der Waals surface area contributed by atoms with E-state index in [9.17, 15) is 9.90 Å². The van der Waals surface area contributed by atoms with Gasteiger partial charge < -0.3 is 15.2 Å². The van der Waals surface area contributed by atoms with E-state index in [1.807, 2.05) is 0 Å². The first-order chi connectivity index (χ1) is 10.1. The van der Waals surface area contributed by atoms with Gasteiger partial charge in [-0.25, -0.2) is 4.79 Å². The standard InChI is InChI=1S/C16H16ClNO3/c1-2-21-16(20)11-3-6-14(7-4-11)18-10-12-9-13(17)5-8-15(12)19/h3-9,18-19H,2,10H2,1H3. The Kier molecular flexibility index (Phi) is 5.06. The lowest BCUT2D eigenvalue weighted by molar-refractivity contribution is 0.0526. The van der Waals surface area contributed by atoms with Crippen molar-refractivity contribution >= 4 is 23.3 Å². The quantitative estimate of drug-likeness (QED) is 0.824. The number of carbonyl (C=O) groups is 1. The van der Waals surface area contributed by atoms with Crippen molar-refractivity contribution in [2.45, 2.75) is 13.5 Å². The van der Waals surface area contributed by atoms with E-state index in [1.165, 1.54) is 0 Å². The van der Waals surface area contributed by atoms with E-state index >= 15 is 0 Å². The molecule has 2 aromatic carbocycles. The van der Waals surface area contributed by atoms with Gasteiger partial charge in [-0.2, -0.15) is 0 Å². The summed E-state index contributed by atoms with van der Waals surface area (Å²) < 4.78 is 4.92. The summed E-state index contributed by atoms with van der Waals surface area (Å²) in [7, 11) is 0. The van der Waals surface area contributed by atoms with Crippen LogP contribution in [0.25, 0.3) is 0 Å². The molecule has 2 aromatic rings. The molecule has 0 spiro atoms. The number of aromatic hydroxyl groups is 1. The van der Waals surface area contributed by atoms with Crippen molar-refractivity contribution in [3.05, 3.63) is 58.6 Å². The highest BCUT2D eigenvalue weighted by Crippen LogP contribution is 2.22. The summed E-state index contributed by atoms with van der Waals surface area (Å²) in [4.78, 5) is 11.5. The van der Waals surface area contributed by atoms with Crippen molar-refractivity contribution in [1.82, 2.24) is 0 Å². The molecule has 21 heavy (non-hydrogen) atoms. The molecule has 0 atom stereocenters. The van der Waals surface area contributed by atoms with Crippen molar-refractivity contribution in [2.24, 2.45) is 0 Å². The molecule has 0 aliphatic rings. The smallest absolute Gasteiger partial charge is 0.338 e. The highest BCUT2D eigenvalue weighted by Gasteiger charge is 2.06. The molecule has 0 amide bonds. The van der Waals surface area contributed by atoms with Crippen LogP contribution in [0.5, 0.6) is 5.75 Å². The Bertz CT molecular complexity index is 626. The van der Waals surface area contributed by atoms with Gasteiger partial charge in [0.05, 0.1) is 12.2 Å². The van der Waals surface area contributed by atoms with Gasteiger partial charge in [0.1, 0.15) is 5.75 Å². The zero-order valence-corrected chi connectivity index (χ0v) is 12.4. The molecule has 0 unspecified atom stereocenters. The number of phenols is 1. The molecular formula is C16H16ClNO3. The Hall–Kier alpha value is -2.20. The summed E-state index contributed by atoms with van der Waals surface area (Å²) in [5.41, 5.74) is 2.05. The maximum atomic E-state index is 11.5. The molecule has 110 valence electrons. The lowest BCUT2D eigenvalue weighted by Gasteiger charge is -2.09. The van der Waals surface area contributed by atoms with Gasteiger partial charge in [-0.05, 0) is 49.4 Å². The van der Waals surface area contributed by atoms with Gasteiger partial charge in [0, 0.05) is 22.8 Å². The summed E-state index contributed by atoms with van der Waals surface area (Å²) >= 11 is 5.89. The predicted molar refractivity (Wildman–Crippen MR) is 82.8 cm³/mol. The Morgan fingerprint density at radius 2 is 1.95 bits per heavy atom. The number of nitrogens with one attached hydrogen (secondary N) is 1. The number of ether oxygens (including phenoxy) is 1. The molecule has 0 aromatic heterocycles. The van der Waals surface area contributed by atoms with Crippen LogP contribution >= 0.6 is 11.6 Å². The van der Waals surface area contributed by atoms with Gasteiger partial charge in [0.25, 0.3) is 0 Å². The lowest BCUT2D eigenvalue weighted by Crippen LogP contribution is -2.05. The van der Waals surface area contributed by atoms with E-state index in [0.29, 0.717) is 29.3 Å². The summed E-state index contributed by atoms with van der Waals surface area (Å²) in [5, 5.41) is 13.5. The number of hydrogen-bond donors (Lipinski definition) is 2. The minimum Gasteiger partial charge on any atom is -0.508 e. The third kappa shape index (κ3) is 4.13. The monoisotopic (exact) mass is 305 g/mol. The van der Waals surface area contributed by atoms with Crippen molar-refractivity contribution in [1.29, 1.82) is 0 Å². The van der Waals surface area contributed by atoms with Crippen LogP contribution in [0.2, 0.25) is 5.02 Å². The van der Waals surface area contributed by atoms with E-state index < -0.39 is 0 Å². The number of anilines is 1. The predicted octanol–water partition coefficient (Wildman–Crippen LogP) is 3.83. The number of esters is 1. The van der Waals surface area contributed by atoms with Crippen LogP contribution in [0, 0.1) is 0 Å². The minimum absolute atomic E-state index is 0.190. The summed E-state index contributed by atoms with van der Waals surface area (Å²) in [6, 6.07) is 11.9. The first-order valence-corrected chi connectivity index (χ1v) is 6.96. The van der Waals surface area contributed by atoms with E-state index in [2.05, 4.69) is 5.32 Å². The van der Waals surface area contributed by atoms with Crippen LogP contribution in [0.1, 0.15) is 22.8 Å². The lowest BCUT2D eigenvalue weighted by atomic mass is 10.1. The van der Waals surface area contributed by atoms with Crippen molar-refractivity contribution < 1.29 is 14.6 Å². The maximum absolute atomic E-state index is 11.5. The fourth-order valence-corrected chi connectivity index (χ4v) is 2.03. The van der Waals surface area contributed by atoms with Crippen LogP contribution < -0.4 is 5.32 Å². The Morgan fingerprint density at radius 1 is 1.24 bits per heavy atom. The molecule has 2 rings (SSSR count). The highest BCUT2D eigenvalue weighted by molar-refractivity contribution is 6.30. The second-order valence-electron chi connectivity index (χ2n) is 4.42. The summed E-state index contributed by atoms with van der Waals surface area (Å²) in [6.07, 6.45) is 0. The van der Waals surface area contributed by atoms with Gasteiger partial charge in [-0.1, -0.05) is 11.6 Å². The zero-order valence-electron chi connectivity index (χ0n) is 11.6.